The number of hydrogen-bond donors (Lipinski definition) is 3. The first-order chi connectivity index (χ1) is 8.39. The Kier molecular flexibility index (Phi) is 5.14. The molecule has 3 atom stereocenters. The van der Waals surface area contributed by atoms with E-state index in [9.17, 15) is 9.59 Å². The predicted molar refractivity (Wildman–Crippen MR) is 69.0 cm³/mol. The Labute approximate surface area is 108 Å². The summed E-state index contributed by atoms with van der Waals surface area (Å²) in [7, 11) is 0. The fourth-order valence-corrected chi connectivity index (χ4v) is 2.65. The van der Waals surface area contributed by atoms with E-state index in [1.165, 1.54) is 0 Å². The zero-order chi connectivity index (χ0) is 13.8. The molecule has 5 nitrogen and oxygen atoms in total. The van der Waals surface area contributed by atoms with E-state index in [0.29, 0.717) is 31.6 Å². The number of amides is 1. The van der Waals surface area contributed by atoms with Crippen molar-refractivity contribution < 1.29 is 14.7 Å². The second kappa shape index (κ2) is 6.18. The highest BCUT2D eigenvalue weighted by molar-refractivity contribution is 5.90. The summed E-state index contributed by atoms with van der Waals surface area (Å²) in [6.45, 7) is 3.97. The third-order valence-corrected chi connectivity index (χ3v) is 3.67. The summed E-state index contributed by atoms with van der Waals surface area (Å²) in [5.41, 5.74) is 5.24. The highest BCUT2D eigenvalue weighted by atomic mass is 16.4. The van der Waals surface area contributed by atoms with Gasteiger partial charge in [0.1, 0.15) is 6.04 Å². The molecule has 1 saturated carbocycles. The highest BCUT2D eigenvalue weighted by Gasteiger charge is 2.39. The van der Waals surface area contributed by atoms with Gasteiger partial charge in [0.05, 0.1) is 5.54 Å². The second-order valence-electron chi connectivity index (χ2n) is 5.51. The Bertz CT molecular complexity index is 319. The number of rotatable bonds is 5. The molecular formula is C13H24N2O3. The van der Waals surface area contributed by atoms with Crippen molar-refractivity contribution >= 4 is 11.9 Å². The Morgan fingerprint density at radius 1 is 1.56 bits per heavy atom. The molecule has 0 saturated heterocycles. The number of nitrogens with one attached hydrogen (secondary N) is 1. The molecule has 0 aromatic carbocycles. The molecule has 0 aliphatic heterocycles. The topological polar surface area (TPSA) is 92.4 Å². The van der Waals surface area contributed by atoms with Crippen LogP contribution in [0.25, 0.3) is 0 Å². The molecule has 18 heavy (non-hydrogen) atoms. The van der Waals surface area contributed by atoms with Gasteiger partial charge in [0.25, 0.3) is 0 Å². The Balaban J connectivity index is 2.65. The maximum Gasteiger partial charge on any atom is 0.326 e. The van der Waals surface area contributed by atoms with Crippen LogP contribution in [0.2, 0.25) is 0 Å². The summed E-state index contributed by atoms with van der Waals surface area (Å²) in [4.78, 5) is 23.2. The van der Waals surface area contributed by atoms with Crippen molar-refractivity contribution in [2.24, 2.45) is 11.7 Å². The molecular weight excluding hydrogens is 232 g/mol. The summed E-state index contributed by atoms with van der Waals surface area (Å²) in [5.74, 6) is -0.878. The summed E-state index contributed by atoms with van der Waals surface area (Å²) in [5, 5.41) is 11.6. The van der Waals surface area contributed by atoms with Crippen LogP contribution in [0.4, 0.5) is 0 Å². The van der Waals surface area contributed by atoms with Crippen LogP contribution in [0.1, 0.15) is 52.4 Å². The lowest BCUT2D eigenvalue weighted by molar-refractivity contribution is -0.143. The van der Waals surface area contributed by atoms with Crippen LogP contribution >= 0.6 is 0 Å². The van der Waals surface area contributed by atoms with Crippen LogP contribution in [0.15, 0.2) is 0 Å². The first-order valence-corrected chi connectivity index (χ1v) is 6.71. The minimum absolute atomic E-state index is 0.310. The Morgan fingerprint density at radius 2 is 2.22 bits per heavy atom. The van der Waals surface area contributed by atoms with Crippen LogP contribution in [-0.4, -0.2) is 28.6 Å². The smallest absolute Gasteiger partial charge is 0.326 e. The third kappa shape index (κ3) is 3.70. The number of carboxylic acid groups (broad SMARTS) is 1. The lowest BCUT2D eigenvalue weighted by Crippen LogP contribution is -2.59. The Morgan fingerprint density at radius 3 is 2.72 bits per heavy atom. The van der Waals surface area contributed by atoms with Crippen LogP contribution in [0.3, 0.4) is 0 Å². The average molecular weight is 256 g/mol. The second-order valence-corrected chi connectivity index (χ2v) is 5.51. The van der Waals surface area contributed by atoms with Crippen molar-refractivity contribution in [1.82, 2.24) is 5.32 Å². The molecule has 0 bridgehead atoms. The van der Waals surface area contributed by atoms with Crippen molar-refractivity contribution in [2.45, 2.75) is 64.0 Å². The Hall–Kier alpha value is -1.10. The van der Waals surface area contributed by atoms with Gasteiger partial charge in [0, 0.05) is 0 Å². The van der Waals surface area contributed by atoms with Crippen molar-refractivity contribution in [3.05, 3.63) is 0 Å². The number of hydrogen-bond acceptors (Lipinski definition) is 3. The summed E-state index contributed by atoms with van der Waals surface area (Å²) >= 11 is 0. The van der Waals surface area contributed by atoms with Crippen molar-refractivity contribution in [2.75, 3.05) is 0 Å². The number of nitrogens with two attached hydrogens (primary N) is 1. The number of carbonyl (C=O) groups excluding carboxylic acids is 1. The fraction of sp³-hybridized carbons (Fsp3) is 0.846. The molecule has 0 radical (unpaired) electrons. The van der Waals surface area contributed by atoms with E-state index in [1.807, 2.05) is 6.92 Å². The van der Waals surface area contributed by atoms with Gasteiger partial charge in [-0.1, -0.05) is 33.1 Å². The van der Waals surface area contributed by atoms with Crippen LogP contribution < -0.4 is 11.1 Å². The number of carboxylic acids is 1. The maximum absolute atomic E-state index is 12.2. The molecule has 0 aromatic rings. The van der Waals surface area contributed by atoms with Crippen LogP contribution in [-0.2, 0) is 9.59 Å². The zero-order valence-corrected chi connectivity index (χ0v) is 11.2. The fourth-order valence-electron chi connectivity index (χ4n) is 2.65. The van der Waals surface area contributed by atoms with Gasteiger partial charge in [0.2, 0.25) is 5.91 Å². The number of aliphatic carboxylic acids is 1. The third-order valence-electron chi connectivity index (χ3n) is 3.67. The van der Waals surface area contributed by atoms with Gasteiger partial charge < -0.3 is 16.2 Å². The molecule has 1 aliphatic rings. The van der Waals surface area contributed by atoms with E-state index in [4.69, 9.17) is 10.8 Å². The maximum atomic E-state index is 12.2. The molecule has 0 aromatic heterocycles. The molecule has 1 fully saturated rings. The standard InChI is InChI=1S/C13H24N2O3/c1-3-5-10(11(16)17)15-12(18)13(14)7-4-6-9(2)8-13/h9-10H,3-8,14H2,1-2H3,(H,15,18)(H,16,17). The quantitative estimate of drug-likeness (QED) is 0.690. The van der Waals surface area contributed by atoms with Crippen molar-refractivity contribution in [3.8, 4) is 0 Å². The molecule has 5 heteroatoms. The molecule has 3 unspecified atom stereocenters. The molecule has 1 aliphatic carbocycles. The van der Waals surface area contributed by atoms with Gasteiger partial charge in [0.15, 0.2) is 0 Å². The van der Waals surface area contributed by atoms with E-state index in [-0.39, 0.29) is 5.91 Å². The van der Waals surface area contributed by atoms with Crippen LogP contribution in [0, 0.1) is 5.92 Å². The van der Waals surface area contributed by atoms with Gasteiger partial charge in [-0.25, -0.2) is 4.79 Å². The molecule has 0 heterocycles. The zero-order valence-electron chi connectivity index (χ0n) is 11.2. The van der Waals surface area contributed by atoms with E-state index in [1.54, 1.807) is 0 Å². The van der Waals surface area contributed by atoms with Crippen LogP contribution in [0.5, 0.6) is 0 Å². The summed E-state index contributed by atoms with van der Waals surface area (Å²) in [6, 6.07) is -0.819. The first kappa shape index (κ1) is 15.0. The minimum Gasteiger partial charge on any atom is -0.480 e. The molecule has 1 amide bonds. The predicted octanol–water partition coefficient (Wildman–Crippen LogP) is 1.26. The normalized spacial score (nSPS) is 29.6. The monoisotopic (exact) mass is 256 g/mol. The van der Waals surface area contributed by atoms with E-state index in [0.717, 1.165) is 12.8 Å². The molecule has 104 valence electrons. The summed E-state index contributed by atoms with van der Waals surface area (Å²) < 4.78 is 0. The SMILES string of the molecule is CCCC(NC(=O)C1(N)CCCC(C)C1)C(=O)O. The van der Waals surface area contributed by atoms with Gasteiger partial charge >= 0.3 is 5.97 Å². The number of carbonyl (C=O) groups is 2. The first-order valence-electron chi connectivity index (χ1n) is 6.71. The molecule has 4 N–H and O–H groups in total. The minimum atomic E-state index is -0.988. The lowest BCUT2D eigenvalue weighted by Gasteiger charge is -2.36. The largest absolute Gasteiger partial charge is 0.480 e. The van der Waals surface area contributed by atoms with E-state index >= 15 is 0 Å². The van der Waals surface area contributed by atoms with Crippen molar-refractivity contribution in [3.63, 3.8) is 0 Å². The average Bonchev–Trinajstić information content (AvgIpc) is 2.27. The van der Waals surface area contributed by atoms with Gasteiger partial charge in [-0.15, -0.1) is 0 Å². The summed E-state index contributed by atoms with van der Waals surface area (Å²) in [6.07, 6.45) is 4.44. The molecule has 0 spiro atoms. The van der Waals surface area contributed by atoms with Gasteiger partial charge in [-0.3, -0.25) is 4.79 Å². The van der Waals surface area contributed by atoms with Crippen molar-refractivity contribution in [1.29, 1.82) is 0 Å². The highest BCUT2D eigenvalue weighted by Crippen LogP contribution is 2.30. The van der Waals surface area contributed by atoms with E-state index < -0.39 is 17.6 Å². The van der Waals surface area contributed by atoms with Gasteiger partial charge in [-0.2, -0.15) is 0 Å². The van der Waals surface area contributed by atoms with Gasteiger partial charge in [-0.05, 0) is 25.2 Å². The lowest BCUT2D eigenvalue weighted by atomic mass is 9.76. The molecule has 1 rings (SSSR count). The van der Waals surface area contributed by atoms with E-state index in [2.05, 4.69) is 12.2 Å².